The summed E-state index contributed by atoms with van der Waals surface area (Å²) >= 11 is 0.782. The van der Waals surface area contributed by atoms with E-state index in [0.717, 1.165) is 22.9 Å². The molecule has 0 aromatic heterocycles. The lowest BCUT2D eigenvalue weighted by Crippen LogP contribution is -2.53. The lowest BCUT2D eigenvalue weighted by atomic mass is 10.0. The van der Waals surface area contributed by atoms with Crippen molar-refractivity contribution in [1.29, 1.82) is 0 Å². The summed E-state index contributed by atoms with van der Waals surface area (Å²) in [5.74, 6) is -2.01. The van der Waals surface area contributed by atoms with Gasteiger partial charge in [-0.15, -0.1) is 13.2 Å². The van der Waals surface area contributed by atoms with Gasteiger partial charge in [0.15, 0.2) is 6.29 Å². The van der Waals surface area contributed by atoms with E-state index in [1.54, 1.807) is 0 Å². The molecule has 1 saturated heterocycles. The first-order chi connectivity index (χ1) is 16.5. The van der Waals surface area contributed by atoms with Gasteiger partial charge >= 0.3 is 6.36 Å². The number of imide groups is 1. The van der Waals surface area contributed by atoms with Gasteiger partial charge in [-0.3, -0.25) is 24.5 Å². The number of methoxy groups -OCH3 is 1. The van der Waals surface area contributed by atoms with E-state index >= 15 is 0 Å². The molecule has 1 heterocycles. The highest BCUT2D eigenvalue weighted by molar-refractivity contribution is 8.00. The molecule has 0 aliphatic carbocycles. The topological polar surface area (TPSA) is 114 Å². The van der Waals surface area contributed by atoms with Gasteiger partial charge in [-0.2, -0.15) is 0 Å². The number of alkyl halides is 3. The second-order valence-corrected chi connectivity index (χ2v) is 8.19. The molecule has 1 aliphatic rings. The molecule has 13 heteroatoms. The molecule has 2 aromatic rings. The Morgan fingerprint density at radius 1 is 1.23 bits per heavy atom. The van der Waals surface area contributed by atoms with Crippen LogP contribution in [0.1, 0.15) is 33.6 Å². The maximum Gasteiger partial charge on any atom is 0.573 e. The smallest absolute Gasteiger partial charge is 0.495 e. The predicted octanol–water partition coefficient (Wildman–Crippen LogP) is 3.40. The Morgan fingerprint density at radius 3 is 2.57 bits per heavy atom. The third-order valence-electron chi connectivity index (χ3n) is 5.07. The van der Waals surface area contributed by atoms with Crippen LogP contribution in [0.3, 0.4) is 0 Å². The van der Waals surface area contributed by atoms with Gasteiger partial charge in [0, 0.05) is 19.0 Å². The van der Waals surface area contributed by atoms with Gasteiger partial charge in [0.05, 0.1) is 23.3 Å². The van der Waals surface area contributed by atoms with Crippen LogP contribution in [0.4, 0.5) is 18.9 Å². The SMILES string of the molecule is COc1cc(C(=O)N(C)C2CCC(=O)NC2=O)c(C=O)cc1NSc1ccccc1OC(F)(F)F. The first-order valence-corrected chi connectivity index (χ1v) is 10.9. The van der Waals surface area contributed by atoms with Crippen LogP contribution < -0.4 is 19.5 Å². The Kier molecular flexibility index (Phi) is 7.89. The number of aldehydes is 1. The average Bonchev–Trinajstić information content (AvgIpc) is 2.81. The van der Waals surface area contributed by atoms with Gasteiger partial charge in [0.25, 0.3) is 5.91 Å². The molecule has 1 unspecified atom stereocenters. The Hall–Kier alpha value is -3.74. The molecule has 0 bridgehead atoms. The molecule has 2 N–H and O–H groups in total. The van der Waals surface area contributed by atoms with Crippen molar-refractivity contribution < 1.29 is 41.8 Å². The van der Waals surface area contributed by atoms with E-state index in [0.29, 0.717) is 6.29 Å². The van der Waals surface area contributed by atoms with Gasteiger partial charge in [0.1, 0.15) is 17.5 Å². The van der Waals surface area contributed by atoms with Gasteiger partial charge in [-0.25, -0.2) is 0 Å². The first kappa shape index (κ1) is 25.9. The van der Waals surface area contributed by atoms with Gasteiger partial charge in [-0.05, 0) is 42.6 Å². The van der Waals surface area contributed by atoms with Crippen LogP contribution in [0.25, 0.3) is 0 Å². The molecule has 2 aromatic carbocycles. The van der Waals surface area contributed by atoms with Crippen molar-refractivity contribution in [2.24, 2.45) is 0 Å². The van der Waals surface area contributed by atoms with Crippen molar-refractivity contribution in [1.82, 2.24) is 10.2 Å². The quantitative estimate of drug-likeness (QED) is 0.315. The highest BCUT2D eigenvalue weighted by Gasteiger charge is 2.34. The zero-order valence-electron chi connectivity index (χ0n) is 18.5. The number of nitrogens with zero attached hydrogens (tertiary/aromatic N) is 1. The van der Waals surface area contributed by atoms with Crippen LogP contribution in [-0.4, -0.2) is 55.5 Å². The van der Waals surface area contributed by atoms with E-state index in [-0.39, 0.29) is 40.3 Å². The summed E-state index contributed by atoms with van der Waals surface area (Å²) in [5.41, 5.74) is 0.111. The van der Waals surface area contributed by atoms with Gasteiger partial charge in [0.2, 0.25) is 11.8 Å². The van der Waals surface area contributed by atoms with Crippen LogP contribution in [0.2, 0.25) is 0 Å². The minimum absolute atomic E-state index is 0.0436. The molecular formula is C22H20F3N3O6S. The van der Waals surface area contributed by atoms with Crippen LogP contribution in [-0.2, 0) is 9.59 Å². The van der Waals surface area contributed by atoms with Crippen LogP contribution in [0.5, 0.6) is 11.5 Å². The van der Waals surface area contributed by atoms with E-state index in [4.69, 9.17) is 4.74 Å². The average molecular weight is 511 g/mol. The second kappa shape index (κ2) is 10.7. The Balaban J connectivity index is 1.85. The monoisotopic (exact) mass is 511 g/mol. The van der Waals surface area contributed by atoms with Crippen molar-refractivity contribution >= 4 is 41.6 Å². The van der Waals surface area contributed by atoms with Crippen molar-refractivity contribution in [2.45, 2.75) is 30.1 Å². The molecule has 3 rings (SSSR count). The highest BCUT2D eigenvalue weighted by atomic mass is 32.2. The zero-order chi connectivity index (χ0) is 25.8. The number of halogens is 3. The normalized spacial score (nSPS) is 15.7. The zero-order valence-corrected chi connectivity index (χ0v) is 19.3. The fourth-order valence-corrected chi connectivity index (χ4v) is 4.10. The van der Waals surface area contributed by atoms with Gasteiger partial charge in [-0.1, -0.05) is 12.1 Å². The van der Waals surface area contributed by atoms with Crippen molar-refractivity contribution in [3.05, 3.63) is 47.5 Å². The lowest BCUT2D eigenvalue weighted by molar-refractivity contribution is -0.275. The highest BCUT2D eigenvalue weighted by Crippen LogP contribution is 2.37. The number of nitrogens with one attached hydrogen (secondary N) is 2. The number of hydrogen-bond acceptors (Lipinski definition) is 8. The molecule has 1 aliphatic heterocycles. The number of hydrogen-bond donors (Lipinski definition) is 2. The van der Waals surface area contributed by atoms with E-state index in [1.807, 2.05) is 0 Å². The van der Waals surface area contributed by atoms with Crippen LogP contribution in [0, 0.1) is 0 Å². The first-order valence-electron chi connectivity index (χ1n) is 10.1. The fourth-order valence-electron chi connectivity index (χ4n) is 3.36. The Bertz CT molecular complexity index is 1160. The lowest BCUT2D eigenvalue weighted by Gasteiger charge is -2.30. The number of piperidine rings is 1. The fraction of sp³-hybridized carbons (Fsp3) is 0.273. The number of rotatable bonds is 8. The number of para-hydroxylation sites is 1. The summed E-state index contributed by atoms with van der Waals surface area (Å²) in [6.07, 6.45) is -4.25. The van der Waals surface area contributed by atoms with E-state index in [9.17, 15) is 32.3 Å². The van der Waals surface area contributed by atoms with Crippen LogP contribution >= 0.6 is 11.9 Å². The number of benzene rings is 2. The van der Waals surface area contributed by atoms with Crippen molar-refractivity contribution in [3.8, 4) is 11.5 Å². The Morgan fingerprint density at radius 2 is 1.94 bits per heavy atom. The minimum Gasteiger partial charge on any atom is -0.495 e. The number of ether oxygens (including phenoxy) is 2. The molecule has 186 valence electrons. The molecule has 9 nitrogen and oxygen atoms in total. The number of likely N-dealkylation sites (N-methyl/N-ethyl adjacent to an activating group) is 1. The summed E-state index contributed by atoms with van der Waals surface area (Å²) in [7, 11) is 2.69. The summed E-state index contributed by atoms with van der Waals surface area (Å²) in [5, 5.41) is 2.17. The molecule has 0 saturated carbocycles. The third kappa shape index (κ3) is 6.23. The predicted molar refractivity (Wildman–Crippen MR) is 119 cm³/mol. The molecule has 0 radical (unpaired) electrons. The second-order valence-electron chi connectivity index (χ2n) is 7.34. The van der Waals surface area contributed by atoms with E-state index in [2.05, 4.69) is 14.8 Å². The molecule has 3 amide bonds. The largest absolute Gasteiger partial charge is 0.573 e. The molecular weight excluding hydrogens is 491 g/mol. The van der Waals surface area contributed by atoms with E-state index < -0.39 is 35.9 Å². The number of carbonyl (C=O) groups excluding carboxylic acids is 4. The number of amides is 3. The maximum absolute atomic E-state index is 13.1. The molecule has 1 atom stereocenters. The molecule has 35 heavy (non-hydrogen) atoms. The van der Waals surface area contributed by atoms with Crippen molar-refractivity contribution in [2.75, 3.05) is 18.9 Å². The van der Waals surface area contributed by atoms with Gasteiger partial charge < -0.3 is 19.1 Å². The minimum atomic E-state index is -4.88. The standard InChI is InChI=1S/C22H20F3N3O6S/c1-28(15-7-8-19(30)26-20(15)31)21(32)13-10-17(33-2)14(9-12(13)11-29)27-35-18-6-4-3-5-16(18)34-22(23,24)25/h3-6,9-11,15,27H,7-8H2,1-2H3,(H,26,30,31). The maximum atomic E-state index is 13.1. The van der Waals surface area contributed by atoms with Crippen molar-refractivity contribution in [3.63, 3.8) is 0 Å². The summed E-state index contributed by atoms with van der Waals surface area (Å²) in [6.45, 7) is 0. The summed E-state index contributed by atoms with van der Waals surface area (Å²) < 4.78 is 50.2. The number of carbonyl (C=O) groups is 4. The van der Waals surface area contributed by atoms with Crippen LogP contribution in [0.15, 0.2) is 41.3 Å². The van der Waals surface area contributed by atoms with E-state index in [1.165, 1.54) is 44.5 Å². The Labute approximate surface area is 202 Å². The number of anilines is 1. The summed E-state index contributed by atoms with van der Waals surface area (Å²) in [4.78, 5) is 49.6. The molecule has 1 fully saturated rings. The third-order valence-corrected chi connectivity index (χ3v) is 5.95. The summed E-state index contributed by atoms with van der Waals surface area (Å²) in [6, 6.07) is 7.15. The molecule has 0 spiro atoms.